The van der Waals surface area contributed by atoms with Gasteiger partial charge < -0.3 is 10.6 Å². The zero-order chi connectivity index (χ0) is 8.27. The quantitative estimate of drug-likeness (QED) is 0.612. The van der Waals surface area contributed by atoms with Gasteiger partial charge in [-0.3, -0.25) is 0 Å². The Morgan fingerprint density at radius 2 is 2.00 bits per heavy atom. The fourth-order valence-electron chi connectivity index (χ4n) is 1.79. The van der Waals surface area contributed by atoms with E-state index in [-0.39, 0.29) is 0 Å². The van der Waals surface area contributed by atoms with E-state index in [1.807, 2.05) is 0 Å². The lowest BCUT2D eigenvalue weighted by atomic mass is 9.90. The highest BCUT2D eigenvalue weighted by atomic mass is 15.1. The minimum absolute atomic E-state index is 0.764. The first-order chi connectivity index (χ1) is 5.24. The summed E-state index contributed by atoms with van der Waals surface area (Å²) in [4.78, 5) is 2.41. The summed E-state index contributed by atoms with van der Waals surface area (Å²) in [6.07, 6.45) is 2.60. The predicted molar refractivity (Wildman–Crippen MR) is 48.4 cm³/mol. The minimum Gasteiger partial charge on any atom is -0.330 e. The zero-order valence-corrected chi connectivity index (χ0v) is 7.71. The first kappa shape index (κ1) is 9.01. The van der Waals surface area contributed by atoms with Crippen molar-refractivity contribution in [3.63, 3.8) is 0 Å². The van der Waals surface area contributed by atoms with Crippen molar-refractivity contribution in [1.29, 1.82) is 0 Å². The molecule has 0 aromatic rings. The van der Waals surface area contributed by atoms with Crippen molar-refractivity contribution in [2.24, 2.45) is 17.6 Å². The lowest BCUT2D eigenvalue weighted by Crippen LogP contribution is -2.22. The SMILES string of the molecule is CC1CCN(C)CCC1CN. The van der Waals surface area contributed by atoms with Gasteiger partial charge in [-0.2, -0.15) is 0 Å². The number of nitrogens with zero attached hydrogens (tertiary/aromatic N) is 1. The lowest BCUT2D eigenvalue weighted by molar-refractivity contribution is 0.342. The average Bonchev–Trinajstić information content (AvgIpc) is 2.15. The van der Waals surface area contributed by atoms with Crippen LogP contribution in [0.2, 0.25) is 0 Å². The average molecular weight is 156 g/mol. The summed E-state index contributed by atoms with van der Waals surface area (Å²) in [5.41, 5.74) is 5.69. The van der Waals surface area contributed by atoms with E-state index in [9.17, 15) is 0 Å². The summed E-state index contributed by atoms with van der Waals surface area (Å²) < 4.78 is 0. The third kappa shape index (κ3) is 2.46. The van der Waals surface area contributed by atoms with Crippen molar-refractivity contribution >= 4 is 0 Å². The molecule has 0 saturated carbocycles. The summed E-state index contributed by atoms with van der Waals surface area (Å²) in [6.45, 7) is 5.68. The van der Waals surface area contributed by atoms with Crippen molar-refractivity contribution in [3.8, 4) is 0 Å². The van der Waals surface area contributed by atoms with E-state index >= 15 is 0 Å². The minimum atomic E-state index is 0.764. The molecule has 1 aliphatic rings. The van der Waals surface area contributed by atoms with Crippen molar-refractivity contribution in [2.75, 3.05) is 26.7 Å². The molecular formula is C9H20N2. The van der Waals surface area contributed by atoms with Gasteiger partial charge in [0.25, 0.3) is 0 Å². The number of hydrogen-bond acceptors (Lipinski definition) is 2. The van der Waals surface area contributed by atoms with E-state index in [1.165, 1.54) is 25.9 Å². The van der Waals surface area contributed by atoms with Crippen LogP contribution in [0.25, 0.3) is 0 Å². The van der Waals surface area contributed by atoms with Crippen molar-refractivity contribution in [1.82, 2.24) is 4.90 Å². The number of likely N-dealkylation sites (tertiary alicyclic amines) is 1. The van der Waals surface area contributed by atoms with E-state index in [0.29, 0.717) is 0 Å². The third-order valence-electron chi connectivity index (χ3n) is 2.96. The van der Waals surface area contributed by atoms with Gasteiger partial charge in [0.1, 0.15) is 0 Å². The summed E-state index contributed by atoms with van der Waals surface area (Å²) in [5.74, 6) is 1.59. The maximum Gasteiger partial charge on any atom is -0.00186 e. The summed E-state index contributed by atoms with van der Waals surface area (Å²) in [5, 5.41) is 0. The molecule has 1 heterocycles. The van der Waals surface area contributed by atoms with E-state index in [1.54, 1.807) is 0 Å². The Kier molecular flexibility index (Phi) is 3.34. The molecule has 0 amide bonds. The van der Waals surface area contributed by atoms with E-state index in [0.717, 1.165) is 18.4 Å². The Labute approximate surface area is 69.8 Å². The normalized spacial score (nSPS) is 35.2. The number of hydrogen-bond donors (Lipinski definition) is 1. The van der Waals surface area contributed by atoms with Gasteiger partial charge in [0, 0.05) is 0 Å². The zero-order valence-electron chi connectivity index (χ0n) is 7.71. The third-order valence-corrected chi connectivity index (χ3v) is 2.96. The molecule has 0 aliphatic carbocycles. The molecular weight excluding hydrogens is 136 g/mol. The summed E-state index contributed by atoms with van der Waals surface area (Å²) in [6, 6.07) is 0. The molecule has 0 aromatic heterocycles. The van der Waals surface area contributed by atoms with Gasteiger partial charge in [0.15, 0.2) is 0 Å². The summed E-state index contributed by atoms with van der Waals surface area (Å²) in [7, 11) is 2.20. The topological polar surface area (TPSA) is 29.3 Å². The Morgan fingerprint density at radius 1 is 1.36 bits per heavy atom. The van der Waals surface area contributed by atoms with Crippen molar-refractivity contribution in [3.05, 3.63) is 0 Å². The van der Waals surface area contributed by atoms with Crippen LogP contribution in [0.3, 0.4) is 0 Å². The van der Waals surface area contributed by atoms with Crippen LogP contribution in [0.1, 0.15) is 19.8 Å². The van der Waals surface area contributed by atoms with Crippen LogP contribution in [-0.2, 0) is 0 Å². The second-order valence-corrected chi connectivity index (χ2v) is 3.85. The Bertz CT molecular complexity index is 114. The van der Waals surface area contributed by atoms with Gasteiger partial charge >= 0.3 is 0 Å². The predicted octanol–water partition coefficient (Wildman–Crippen LogP) is 0.923. The van der Waals surface area contributed by atoms with E-state index < -0.39 is 0 Å². The van der Waals surface area contributed by atoms with E-state index in [2.05, 4.69) is 18.9 Å². The second kappa shape index (κ2) is 4.07. The maximum absolute atomic E-state index is 5.69. The van der Waals surface area contributed by atoms with Crippen LogP contribution in [0, 0.1) is 11.8 Å². The Hall–Kier alpha value is -0.0800. The fourth-order valence-corrected chi connectivity index (χ4v) is 1.79. The van der Waals surface area contributed by atoms with E-state index in [4.69, 9.17) is 5.73 Å². The van der Waals surface area contributed by atoms with Gasteiger partial charge in [-0.05, 0) is 51.4 Å². The molecule has 0 radical (unpaired) electrons. The van der Waals surface area contributed by atoms with Crippen LogP contribution in [0.15, 0.2) is 0 Å². The van der Waals surface area contributed by atoms with Gasteiger partial charge in [-0.1, -0.05) is 6.92 Å². The maximum atomic E-state index is 5.69. The fraction of sp³-hybridized carbons (Fsp3) is 1.00. The van der Waals surface area contributed by atoms with Crippen LogP contribution < -0.4 is 5.73 Å². The first-order valence-electron chi connectivity index (χ1n) is 4.62. The highest BCUT2D eigenvalue weighted by Crippen LogP contribution is 2.21. The monoisotopic (exact) mass is 156 g/mol. The smallest absolute Gasteiger partial charge is 0.00186 e. The highest BCUT2D eigenvalue weighted by Gasteiger charge is 2.19. The Balaban J connectivity index is 2.41. The molecule has 2 atom stereocenters. The van der Waals surface area contributed by atoms with Crippen LogP contribution in [-0.4, -0.2) is 31.6 Å². The molecule has 1 aliphatic heterocycles. The largest absolute Gasteiger partial charge is 0.330 e. The van der Waals surface area contributed by atoms with Crippen molar-refractivity contribution in [2.45, 2.75) is 19.8 Å². The molecule has 2 heteroatoms. The van der Waals surface area contributed by atoms with Crippen LogP contribution in [0.5, 0.6) is 0 Å². The highest BCUT2D eigenvalue weighted by molar-refractivity contribution is 4.73. The summed E-state index contributed by atoms with van der Waals surface area (Å²) >= 11 is 0. The van der Waals surface area contributed by atoms with Gasteiger partial charge in [0.2, 0.25) is 0 Å². The molecule has 0 aromatic carbocycles. The van der Waals surface area contributed by atoms with Gasteiger partial charge in [-0.25, -0.2) is 0 Å². The molecule has 1 saturated heterocycles. The Morgan fingerprint density at radius 3 is 2.64 bits per heavy atom. The van der Waals surface area contributed by atoms with Crippen molar-refractivity contribution < 1.29 is 0 Å². The molecule has 1 rings (SSSR count). The molecule has 2 nitrogen and oxygen atoms in total. The first-order valence-corrected chi connectivity index (χ1v) is 4.62. The van der Waals surface area contributed by atoms with Gasteiger partial charge in [-0.15, -0.1) is 0 Å². The second-order valence-electron chi connectivity index (χ2n) is 3.85. The number of rotatable bonds is 1. The van der Waals surface area contributed by atoms with Crippen LogP contribution >= 0.6 is 0 Å². The molecule has 11 heavy (non-hydrogen) atoms. The molecule has 0 spiro atoms. The molecule has 1 fully saturated rings. The molecule has 0 bridgehead atoms. The number of nitrogens with two attached hydrogens (primary N) is 1. The van der Waals surface area contributed by atoms with Gasteiger partial charge in [0.05, 0.1) is 0 Å². The lowest BCUT2D eigenvalue weighted by Gasteiger charge is -2.17. The molecule has 2 N–H and O–H groups in total. The molecule has 2 unspecified atom stereocenters. The standard InChI is InChI=1S/C9H20N2/c1-8-3-5-11(2)6-4-9(8)7-10/h8-9H,3-7,10H2,1-2H3. The van der Waals surface area contributed by atoms with Crippen LogP contribution in [0.4, 0.5) is 0 Å². The molecule has 66 valence electrons.